The fourth-order valence-electron chi connectivity index (χ4n) is 1.78. The van der Waals surface area contributed by atoms with Crippen molar-refractivity contribution in [1.82, 2.24) is 4.31 Å². The van der Waals surface area contributed by atoms with Crippen LogP contribution >= 0.6 is 50.6 Å². The van der Waals surface area contributed by atoms with E-state index in [1.54, 1.807) is 10.4 Å². The lowest BCUT2D eigenvalue weighted by Gasteiger charge is -2.29. The third-order valence-electron chi connectivity index (χ3n) is 2.66. The average molecular weight is 391 g/mol. The molecule has 1 saturated heterocycles. The Morgan fingerprint density at radius 2 is 2.33 bits per heavy atom. The quantitative estimate of drug-likeness (QED) is 0.743. The molecule has 0 amide bonds. The van der Waals surface area contributed by atoms with Crippen molar-refractivity contribution in [3.05, 3.63) is 14.7 Å². The first-order valence-corrected chi connectivity index (χ1v) is 10.0. The van der Waals surface area contributed by atoms with E-state index < -0.39 is 10.0 Å². The van der Waals surface area contributed by atoms with Crippen molar-refractivity contribution in [2.24, 2.45) is 0 Å². The van der Waals surface area contributed by atoms with Gasteiger partial charge in [-0.25, -0.2) is 8.42 Å². The molecule has 2 heterocycles. The summed E-state index contributed by atoms with van der Waals surface area (Å²) in [5.41, 5.74) is 0. The van der Waals surface area contributed by atoms with Crippen LogP contribution in [-0.4, -0.2) is 36.8 Å². The molecule has 1 aromatic rings. The van der Waals surface area contributed by atoms with Crippen LogP contribution in [0.4, 0.5) is 0 Å². The van der Waals surface area contributed by atoms with Crippen molar-refractivity contribution < 1.29 is 8.42 Å². The van der Waals surface area contributed by atoms with Gasteiger partial charge in [0.05, 0.1) is 9.67 Å². The number of hydrogen-bond donors (Lipinski definition) is 0. The van der Waals surface area contributed by atoms with Gasteiger partial charge in [0.15, 0.2) is 0 Å². The molecule has 1 unspecified atom stereocenters. The predicted octanol–water partition coefficient (Wildman–Crippen LogP) is 3.38. The summed E-state index contributed by atoms with van der Waals surface area (Å²) in [6, 6.07) is 1.67. The van der Waals surface area contributed by atoms with Crippen LogP contribution in [0.1, 0.15) is 11.8 Å². The molecule has 102 valence electrons. The number of nitrogens with zero attached hydrogens (tertiary/aromatic N) is 1. The first-order chi connectivity index (χ1) is 8.45. The van der Waals surface area contributed by atoms with E-state index in [0.717, 1.165) is 10.6 Å². The van der Waals surface area contributed by atoms with E-state index in [4.69, 9.17) is 11.6 Å². The zero-order valence-electron chi connectivity index (χ0n) is 9.73. The molecule has 1 aliphatic heterocycles. The van der Waals surface area contributed by atoms with Crippen LogP contribution in [-0.2, 0) is 15.9 Å². The number of thiophene rings is 1. The summed E-state index contributed by atoms with van der Waals surface area (Å²) in [7, 11) is -3.39. The third kappa shape index (κ3) is 3.07. The Hall–Kier alpha value is 0.730. The molecule has 1 atom stereocenters. The van der Waals surface area contributed by atoms with Crippen LogP contribution in [0, 0.1) is 0 Å². The van der Waals surface area contributed by atoms with E-state index in [-0.39, 0.29) is 0 Å². The minimum atomic E-state index is -3.39. The van der Waals surface area contributed by atoms with E-state index in [9.17, 15) is 8.42 Å². The molecular formula is C10H13BrClNO2S3. The van der Waals surface area contributed by atoms with Gasteiger partial charge in [0.25, 0.3) is 0 Å². The Bertz CT molecular complexity index is 531. The van der Waals surface area contributed by atoms with Gasteiger partial charge in [-0.05, 0) is 22.0 Å². The molecule has 1 aromatic heterocycles. The molecule has 8 heteroatoms. The normalized spacial score (nSPS) is 22.3. The molecule has 0 N–H and O–H groups in total. The molecule has 2 rings (SSSR count). The summed E-state index contributed by atoms with van der Waals surface area (Å²) < 4.78 is 27.3. The van der Waals surface area contributed by atoms with Gasteiger partial charge in [0.2, 0.25) is 10.0 Å². The van der Waals surface area contributed by atoms with Gasteiger partial charge in [0, 0.05) is 29.0 Å². The Morgan fingerprint density at radius 3 is 2.89 bits per heavy atom. The van der Waals surface area contributed by atoms with E-state index in [2.05, 4.69) is 22.9 Å². The Labute approximate surface area is 129 Å². The maximum absolute atomic E-state index is 12.5. The van der Waals surface area contributed by atoms with Gasteiger partial charge in [-0.1, -0.05) is 6.92 Å². The Kier molecular flexibility index (Phi) is 5.05. The summed E-state index contributed by atoms with van der Waals surface area (Å²) in [5.74, 6) is 1.19. The highest BCUT2D eigenvalue weighted by Gasteiger charge is 2.31. The molecular weight excluding hydrogens is 378 g/mol. The minimum absolute atomic E-state index is 0.338. The highest BCUT2D eigenvalue weighted by atomic mass is 79.9. The van der Waals surface area contributed by atoms with Crippen molar-refractivity contribution >= 4 is 60.7 Å². The first kappa shape index (κ1) is 15.1. The largest absolute Gasteiger partial charge is 0.245 e. The zero-order chi connectivity index (χ0) is 13.3. The Morgan fingerprint density at radius 1 is 1.61 bits per heavy atom. The maximum Gasteiger partial charge on any atom is 0.245 e. The second-order valence-corrected chi connectivity index (χ2v) is 10.2. The third-order valence-corrected chi connectivity index (χ3v) is 8.36. The molecule has 0 spiro atoms. The van der Waals surface area contributed by atoms with Crippen LogP contribution in [0.15, 0.2) is 14.7 Å². The van der Waals surface area contributed by atoms with Crippen molar-refractivity contribution in [3.63, 3.8) is 0 Å². The van der Waals surface area contributed by atoms with Crippen LogP contribution in [0.5, 0.6) is 0 Å². The smallest absolute Gasteiger partial charge is 0.207 e. The second kappa shape index (κ2) is 6.01. The first-order valence-electron chi connectivity index (χ1n) is 5.41. The lowest BCUT2D eigenvalue weighted by atomic mass is 10.4. The summed E-state index contributed by atoms with van der Waals surface area (Å²) in [4.78, 5) is 1.21. The molecule has 0 aromatic carbocycles. The van der Waals surface area contributed by atoms with E-state index >= 15 is 0 Å². The van der Waals surface area contributed by atoms with Crippen molar-refractivity contribution in [2.45, 2.75) is 22.9 Å². The molecule has 0 aliphatic carbocycles. The number of halogens is 2. The lowest BCUT2D eigenvalue weighted by molar-refractivity contribution is 0.424. The summed E-state index contributed by atoms with van der Waals surface area (Å²) in [6.45, 7) is 3.21. The van der Waals surface area contributed by atoms with Crippen molar-refractivity contribution in [1.29, 1.82) is 0 Å². The van der Waals surface area contributed by atoms with Gasteiger partial charge in [-0.15, -0.1) is 22.9 Å². The van der Waals surface area contributed by atoms with Gasteiger partial charge in [-0.2, -0.15) is 16.1 Å². The molecule has 0 bridgehead atoms. The van der Waals surface area contributed by atoms with Crippen LogP contribution in [0.3, 0.4) is 0 Å². The molecule has 1 aliphatic rings. The summed E-state index contributed by atoms with van der Waals surface area (Å²) >= 11 is 12.3. The van der Waals surface area contributed by atoms with Gasteiger partial charge < -0.3 is 0 Å². The van der Waals surface area contributed by atoms with Gasteiger partial charge in [-0.3, -0.25) is 0 Å². The number of thioether (sulfide) groups is 1. The standard InChI is InChI=1S/C10H13BrClNO2S3/c1-7-6-13(2-3-16-7)18(14,15)9-4-8(5-12)17-10(9)11/h4,7H,2-3,5-6H2,1H3. The van der Waals surface area contributed by atoms with Crippen molar-refractivity contribution in [3.8, 4) is 0 Å². The Balaban J connectivity index is 2.32. The second-order valence-electron chi connectivity index (χ2n) is 4.03. The molecule has 0 radical (unpaired) electrons. The van der Waals surface area contributed by atoms with Crippen LogP contribution in [0.2, 0.25) is 0 Å². The van der Waals surface area contributed by atoms with E-state index in [1.807, 2.05) is 11.8 Å². The highest BCUT2D eigenvalue weighted by molar-refractivity contribution is 9.11. The fourth-order valence-corrected chi connectivity index (χ4v) is 7.26. The fraction of sp³-hybridized carbons (Fsp3) is 0.600. The number of sulfonamides is 1. The molecule has 0 saturated carbocycles. The maximum atomic E-state index is 12.5. The number of alkyl halides is 1. The SMILES string of the molecule is CC1CN(S(=O)(=O)c2cc(CCl)sc2Br)CCS1. The highest BCUT2D eigenvalue weighted by Crippen LogP contribution is 2.35. The number of rotatable bonds is 3. The zero-order valence-corrected chi connectivity index (χ0v) is 14.5. The molecule has 3 nitrogen and oxygen atoms in total. The predicted molar refractivity (Wildman–Crippen MR) is 82.3 cm³/mol. The lowest BCUT2D eigenvalue weighted by Crippen LogP contribution is -2.40. The summed E-state index contributed by atoms with van der Waals surface area (Å²) in [5, 5.41) is 0.346. The van der Waals surface area contributed by atoms with E-state index in [0.29, 0.717) is 32.9 Å². The molecule has 1 fully saturated rings. The van der Waals surface area contributed by atoms with E-state index in [1.165, 1.54) is 11.3 Å². The monoisotopic (exact) mass is 389 g/mol. The van der Waals surface area contributed by atoms with Gasteiger partial charge in [0.1, 0.15) is 4.90 Å². The topological polar surface area (TPSA) is 37.4 Å². The molecule has 18 heavy (non-hydrogen) atoms. The van der Waals surface area contributed by atoms with Crippen molar-refractivity contribution in [2.75, 3.05) is 18.8 Å². The number of hydrogen-bond acceptors (Lipinski definition) is 4. The van der Waals surface area contributed by atoms with Crippen LogP contribution < -0.4 is 0 Å². The average Bonchev–Trinajstić information content (AvgIpc) is 2.71. The summed E-state index contributed by atoms with van der Waals surface area (Å²) in [6.07, 6.45) is 0. The van der Waals surface area contributed by atoms with Crippen LogP contribution in [0.25, 0.3) is 0 Å². The van der Waals surface area contributed by atoms with Gasteiger partial charge >= 0.3 is 0 Å². The minimum Gasteiger partial charge on any atom is -0.207 e.